The summed E-state index contributed by atoms with van der Waals surface area (Å²) in [7, 11) is 0. The van der Waals surface area contributed by atoms with Crippen molar-refractivity contribution in [3.63, 3.8) is 0 Å². The van der Waals surface area contributed by atoms with Crippen molar-refractivity contribution in [2.24, 2.45) is 5.41 Å². The highest BCUT2D eigenvalue weighted by Crippen LogP contribution is 2.19. The Morgan fingerprint density at radius 2 is 2.13 bits per heavy atom. The van der Waals surface area contributed by atoms with Crippen molar-refractivity contribution in [2.75, 3.05) is 11.9 Å². The summed E-state index contributed by atoms with van der Waals surface area (Å²) in [4.78, 5) is 7.89. The van der Waals surface area contributed by atoms with E-state index in [2.05, 4.69) is 15.3 Å². The van der Waals surface area contributed by atoms with E-state index in [1.165, 1.54) is 6.20 Å². The molecule has 0 aliphatic heterocycles. The van der Waals surface area contributed by atoms with Crippen molar-refractivity contribution < 1.29 is 5.11 Å². The second-order valence-electron chi connectivity index (χ2n) is 4.49. The van der Waals surface area contributed by atoms with Crippen molar-refractivity contribution in [2.45, 2.75) is 26.9 Å². The molecule has 1 rings (SSSR count). The molecule has 15 heavy (non-hydrogen) atoms. The number of aromatic nitrogens is 2. The number of nitrogens with one attached hydrogen (secondary N) is 1. The normalized spacial score (nSPS) is 13.7. The molecule has 4 nitrogen and oxygen atoms in total. The third kappa shape index (κ3) is 4.01. The lowest BCUT2D eigenvalue weighted by atomic mass is 9.89. The lowest BCUT2D eigenvalue weighted by molar-refractivity contribution is 0.0745. The van der Waals surface area contributed by atoms with Gasteiger partial charge in [-0.05, 0) is 5.41 Å². The molecular weight excluding hydrogens is 214 g/mol. The molecule has 0 saturated heterocycles. The van der Waals surface area contributed by atoms with Gasteiger partial charge in [-0.3, -0.25) is 4.98 Å². The Morgan fingerprint density at radius 3 is 2.67 bits per heavy atom. The zero-order valence-corrected chi connectivity index (χ0v) is 9.91. The first-order valence-electron chi connectivity index (χ1n) is 4.79. The first-order chi connectivity index (χ1) is 6.89. The van der Waals surface area contributed by atoms with Gasteiger partial charge in [-0.1, -0.05) is 32.4 Å². The van der Waals surface area contributed by atoms with Crippen molar-refractivity contribution in [3.8, 4) is 0 Å². The van der Waals surface area contributed by atoms with Gasteiger partial charge in [0.05, 0.1) is 18.5 Å². The molecule has 2 N–H and O–H groups in total. The van der Waals surface area contributed by atoms with Crippen molar-refractivity contribution in [3.05, 3.63) is 17.5 Å². The Bertz CT molecular complexity index is 325. The maximum absolute atomic E-state index is 9.77. The molecule has 0 spiro atoms. The van der Waals surface area contributed by atoms with Crippen LogP contribution in [0.25, 0.3) is 0 Å². The summed E-state index contributed by atoms with van der Waals surface area (Å²) in [6.07, 6.45) is 2.59. The van der Waals surface area contributed by atoms with Crippen LogP contribution in [-0.4, -0.2) is 27.7 Å². The molecule has 0 aliphatic rings. The number of anilines is 1. The third-order valence-electron chi connectivity index (χ3n) is 2.08. The van der Waals surface area contributed by atoms with Crippen LogP contribution in [0.3, 0.4) is 0 Å². The van der Waals surface area contributed by atoms with Crippen molar-refractivity contribution in [1.82, 2.24) is 9.97 Å². The number of halogens is 1. The van der Waals surface area contributed by atoms with Crippen LogP contribution in [0.2, 0.25) is 5.15 Å². The van der Waals surface area contributed by atoms with E-state index in [1.54, 1.807) is 6.20 Å². The second kappa shape index (κ2) is 4.77. The van der Waals surface area contributed by atoms with Crippen LogP contribution in [0.5, 0.6) is 0 Å². The Kier molecular flexibility index (Phi) is 3.88. The fourth-order valence-electron chi connectivity index (χ4n) is 0.935. The molecule has 5 heteroatoms. The molecule has 0 radical (unpaired) electrons. The van der Waals surface area contributed by atoms with Crippen molar-refractivity contribution >= 4 is 17.4 Å². The number of aliphatic hydroxyl groups is 1. The summed E-state index contributed by atoms with van der Waals surface area (Å²) in [6.45, 7) is 6.35. The predicted molar refractivity (Wildman–Crippen MR) is 61.0 cm³/mol. The third-order valence-corrected chi connectivity index (χ3v) is 2.26. The topological polar surface area (TPSA) is 58.0 Å². The Hall–Kier alpha value is -0.870. The van der Waals surface area contributed by atoms with E-state index < -0.39 is 6.10 Å². The smallest absolute Gasteiger partial charge is 0.149 e. The summed E-state index contributed by atoms with van der Waals surface area (Å²) in [5.41, 5.74) is -0.154. The molecule has 1 aromatic rings. The minimum atomic E-state index is -0.446. The molecule has 0 aromatic carbocycles. The molecule has 1 aromatic heterocycles. The highest BCUT2D eigenvalue weighted by molar-refractivity contribution is 6.29. The van der Waals surface area contributed by atoms with Crippen LogP contribution >= 0.6 is 11.6 Å². The second-order valence-corrected chi connectivity index (χ2v) is 4.88. The van der Waals surface area contributed by atoms with Crippen molar-refractivity contribution in [1.29, 1.82) is 0 Å². The first-order valence-corrected chi connectivity index (χ1v) is 5.17. The van der Waals surface area contributed by atoms with Gasteiger partial charge in [-0.2, -0.15) is 0 Å². The number of aliphatic hydroxyl groups excluding tert-OH is 1. The fraction of sp³-hybridized carbons (Fsp3) is 0.600. The van der Waals surface area contributed by atoms with E-state index in [4.69, 9.17) is 11.6 Å². The largest absolute Gasteiger partial charge is 0.391 e. The van der Waals surface area contributed by atoms with Crippen LogP contribution in [-0.2, 0) is 0 Å². The van der Waals surface area contributed by atoms with Gasteiger partial charge in [0.25, 0.3) is 0 Å². The average Bonchev–Trinajstić information content (AvgIpc) is 2.12. The first kappa shape index (κ1) is 12.2. The van der Waals surface area contributed by atoms with Gasteiger partial charge in [-0.25, -0.2) is 4.98 Å². The Labute approximate surface area is 94.7 Å². The summed E-state index contributed by atoms with van der Waals surface area (Å²) < 4.78 is 0. The van der Waals surface area contributed by atoms with Crippen LogP contribution in [0.15, 0.2) is 12.4 Å². The number of rotatable bonds is 3. The van der Waals surface area contributed by atoms with E-state index >= 15 is 0 Å². The number of hydrogen-bond acceptors (Lipinski definition) is 4. The maximum Gasteiger partial charge on any atom is 0.149 e. The molecule has 1 heterocycles. The molecule has 0 aliphatic carbocycles. The number of hydrogen-bond donors (Lipinski definition) is 2. The monoisotopic (exact) mass is 229 g/mol. The van der Waals surface area contributed by atoms with E-state index in [1.807, 2.05) is 20.8 Å². The zero-order valence-electron chi connectivity index (χ0n) is 9.16. The molecule has 0 bridgehead atoms. The van der Waals surface area contributed by atoms with Gasteiger partial charge in [-0.15, -0.1) is 0 Å². The molecule has 1 unspecified atom stereocenters. The minimum Gasteiger partial charge on any atom is -0.391 e. The molecule has 1 atom stereocenters. The Morgan fingerprint density at radius 1 is 1.47 bits per heavy atom. The van der Waals surface area contributed by atoms with E-state index in [0.29, 0.717) is 17.5 Å². The molecule has 84 valence electrons. The van der Waals surface area contributed by atoms with Gasteiger partial charge in [0.1, 0.15) is 11.0 Å². The van der Waals surface area contributed by atoms with Gasteiger partial charge < -0.3 is 10.4 Å². The predicted octanol–water partition coefficient (Wildman–Crippen LogP) is 1.95. The SMILES string of the molecule is CC(C)(C)C(O)CNc1cncc(Cl)n1. The molecule has 0 saturated carbocycles. The highest BCUT2D eigenvalue weighted by Gasteiger charge is 2.21. The maximum atomic E-state index is 9.77. The lowest BCUT2D eigenvalue weighted by Gasteiger charge is -2.25. The summed E-state index contributed by atoms with van der Waals surface area (Å²) in [5, 5.41) is 13.1. The summed E-state index contributed by atoms with van der Waals surface area (Å²) in [5.74, 6) is 0.575. The van der Waals surface area contributed by atoms with E-state index in [0.717, 1.165) is 0 Å². The molecule has 0 amide bonds. The van der Waals surface area contributed by atoms with Gasteiger partial charge in [0.15, 0.2) is 0 Å². The highest BCUT2D eigenvalue weighted by atomic mass is 35.5. The fourth-order valence-corrected chi connectivity index (χ4v) is 1.08. The van der Waals surface area contributed by atoms with Crippen LogP contribution in [0.4, 0.5) is 5.82 Å². The van der Waals surface area contributed by atoms with Crippen LogP contribution in [0, 0.1) is 5.41 Å². The molecular formula is C10H16ClN3O. The standard InChI is InChI=1S/C10H16ClN3O/c1-10(2,3)7(15)4-13-9-6-12-5-8(11)14-9/h5-7,15H,4H2,1-3H3,(H,13,14). The summed E-state index contributed by atoms with van der Waals surface area (Å²) in [6, 6.07) is 0. The van der Waals surface area contributed by atoms with Gasteiger partial charge in [0, 0.05) is 6.54 Å². The van der Waals surface area contributed by atoms with Gasteiger partial charge >= 0.3 is 0 Å². The lowest BCUT2D eigenvalue weighted by Crippen LogP contribution is -2.33. The van der Waals surface area contributed by atoms with E-state index in [-0.39, 0.29) is 5.41 Å². The van der Waals surface area contributed by atoms with Gasteiger partial charge in [0.2, 0.25) is 0 Å². The quantitative estimate of drug-likeness (QED) is 0.832. The van der Waals surface area contributed by atoms with Crippen LogP contribution < -0.4 is 5.32 Å². The molecule has 0 fully saturated rings. The minimum absolute atomic E-state index is 0.154. The van der Waals surface area contributed by atoms with E-state index in [9.17, 15) is 5.11 Å². The summed E-state index contributed by atoms with van der Waals surface area (Å²) >= 11 is 5.67. The van der Waals surface area contributed by atoms with Crippen LogP contribution in [0.1, 0.15) is 20.8 Å². The Balaban J connectivity index is 2.51. The number of nitrogens with zero attached hydrogens (tertiary/aromatic N) is 2. The zero-order chi connectivity index (χ0) is 11.5. The average molecular weight is 230 g/mol.